The molecule has 14 heteroatoms. The zero-order valence-electron chi connectivity index (χ0n) is 19.2. The van der Waals surface area contributed by atoms with Crippen LogP contribution in [0.5, 0.6) is 5.75 Å². The van der Waals surface area contributed by atoms with E-state index in [1.807, 2.05) is 0 Å². The molecule has 0 N–H and O–H groups in total. The number of thioether (sulfide) groups is 1. The van der Waals surface area contributed by atoms with Gasteiger partial charge in [-0.1, -0.05) is 6.07 Å². The first-order valence-corrected chi connectivity index (χ1v) is 14.1. The Labute approximate surface area is 224 Å². The first kappa shape index (κ1) is 26.8. The second-order valence-electron chi connectivity index (χ2n) is 8.19. The molecule has 4 rings (SSSR count). The summed E-state index contributed by atoms with van der Waals surface area (Å²) in [4.78, 5) is 50.3. The van der Waals surface area contributed by atoms with Crippen LogP contribution in [-0.4, -0.2) is 59.8 Å². The van der Waals surface area contributed by atoms with Crippen LogP contribution in [0.4, 0.5) is 10.5 Å². The molecular formula is C23H20BrN3O8S2. The van der Waals surface area contributed by atoms with Crippen LogP contribution in [0.15, 0.2) is 56.7 Å². The van der Waals surface area contributed by atoms with Crippen LogP contribution >= 0.6 is 27.7 Å². The van der Waals surface area contributed by atoms with E-state index in [2.05, 4.69) is 15.9 Å². The molecule has 0 spiro atoms. The Hall–Kier alpha value is -3.23. The molecule has 0 aliphatic carbocycles. The van der Waals surface area contributed by atoms with E-state index in [-0.39, 0.29) is 38.2 Å². The largest absolute Gasteiger partial charge is 0.378 e. The van der Waals surface area contributed by atoms with Gasteiger partial charge in [0.25, 0.3) is 16.8 Å². The van der Waals surface area contributed by atoms with Crippen LogP contribution in [0.25, 0.3) is 6.08 Å². The summed E-state index contributed by atoms with van der Waals surface area (Å²) in [6.07, 6.45) is 4.32. The van der Waals surface area contributed by atoms with Gasteiger partial charge >= 0.3 is 10.1 Å². The molecular weight excluding hydrogens is 590 g/mol. The normalized spacial score (nSPS) is 17.4. The molecule has 0 unspecified atom stereocenters. The first-order chi connectivity index (χ1) is 17.5. The number of carbonyl (C=O) groups is 3. The Bertz CT molecular complexity index is 1400. The summed E-state index contributed by atoms with van der Waals surface area (Å²) < 4.78 is 30.6. The highest BCUT2D eigenvalue weighted by Crippen LogP contribution is 2.34. The number of non-ortho nitro benzene ring substituents is 1. The van der Waals surface area contributed by atoms with E-state index in [0.717, 1.165) is 60.2 Å². The zero-order valence-corrected chi connectivity index (χ0v) is 22.4. The van der Waals surface area contributed by atoms with Crippen LogP contribution in [0.1, 0.15) is 24.8 Å². The van der Waals surface area contributed by atoms with Gasteiger partial charge in [-0.05, 0) is 82.9 Å². The van der Waals surface area contributed by atoms with Crippen molar-refractivity contribution in [1.29, 1.82) is 0 Å². The minimum atomic E-state index is -4.27. The molecule has 194 valence electrons. The Morgan fingerprint density at radius 2 is 1.78 bits per heavy atom. The monoisotopic (exact) mass is 609 g/mol. The molecule has 0 atom stereocenters. The van der Waals surface area contributed by atoms with E-state index in [1.54, 1.807) is 4.90 Å². The third kappa shape index (κ3) is 6.19. The smallest absolute Gasteiger partial charge is 0.339 e. The van der Waals surface area contributed by atoms with Gasteiger partial charge in [0, 0.05) is 25.2 Å². The van der Waals surface area contributed by atoms with Gasteiger partial charge < -0.3 is 9.08 Å². The molecule has 37 heavy (non-hydrogen) atoms. The molecule has 2 aliphatic rings. The Morgan fingerprint density at radius 1 is 1.11 bits per heavy atom. The maximum absolute atomic E-state index is 12.8. The van der Waals surface area contributed by atoms with Crippen molar-refractivity contribution in [1.82, 2.24) is 9.80 Å². The van der Waals surface area contributed by atoms with Gasteiger partial charge in [-0.3, -0.25) is 29.4 Å². The maximum atomic E-state index is 12.8. The summed E-state index contributed by atoms with van der Waals surface area (Å²) in [5, 5.41) is 10.2. The van der Waals surface area contributed by atoms with Gasteiger partial charge in [-0.25, -0.2) is 0 Å². The van der Waals surface area contributed by atoms with Gasteiger partial charge in [0.15, 0.2) is 5.75 Å². The van der Waals surface area contributed by atoms with Crippen molar-refractivity contribution in [3.63, 3.8) is 0 Å². The lowest BCUT2D eigenvalue weighted by Gasteiger charge is -2.27. The first-order valence-electron chi connectivity index (χ1n) is 11.1. The predicted molar refractivity (Wildman–Crippen MR) is 138 cm³/mol. The number of likely N-dealkylation sites (tertiary alicyclic amines) is 1. The number of hydrogen-bond acceptors (Lipinski definition) is 9. The van der Waals surface area contributed by atoms with Gasteiger partial charge in [0.05, 0.1) is 14.3 Å². The maximum Gasteiger partial charge on any atom is 0.339 e. The van der Waals surface area contributed by atoms with Crippen LogP contribution in [0, 0.1) is 10.1 Å². The second-order valence-corrected chi connectivity index (χ2v) is 11.6. The van der Waals surface area contributed by atoms with Crippen molar-refractivity contribution in [3.05, 3.63) is 67.5 Å². The lowest BCUT2D eigenvalue weighted by atomic mass is 10.1. The number of imide groups is 1. The van der Waals surface area contributed by atoms with E-state index in [9.17, 15) is 32.9 Å². The lowest BCUT2D eigenvalue weighted by Crippen LogP contribution is -2.44. The fourth-order valence-electron chi connectivity index (χ4n) is 3.74. The zero-order chi connectivity index (χ0) is 26.7. The van der Waals surface area contributed by atoms with Crippen molar-refractivity contribution in [3.8, 4) is 5.75 Å². The highest BCUT2D eigenvalue weighted by atomic mass is 79.9. The van der Waals surface area contributed by atoms with Crippen molar-refractivity contribution >= 4 is 66.6 Å². The number of nitro groups is 1. The van der Waals surface area contributed by atoms with Gasteiger partial charge in [-0.2, -0.15) is 8.42 Å². The Balaban J connectivity index is 1.46. The average Bonchev–Trinajstić information content (AvgIpc) is 3.13. The summed E-state index contributed by atoms with van der Waals surface area (Å²) >= 11 is 3.96. The highest BCUT2D eigenvalue weighted by Gasteiger charge is 2.37. The number of nitro benzene ring substituents is 1. The molecule has 2 aromatic carbocycles. The Morgan fingerprint density at radius 3 is 2.41 bits per heavy atom. The fourth-order valence-corrected chi connectivity index (χ4v) is 6.11. The molecule has 2 saturated heterocycles. The summed E-state index contributed by atoms with van der Waals surface area (Å²) in [6, 6.07) is 8.63. The molecule has 0 saturated carbocycles. The molecule has 3 amide bonds. The van der Waals surface area contributed by atoms with Gasteiger partial charge in [-0.15, -0.1) is 0 Å². The summed E-state index contributed by atoms with van der Waals surface area (Å²) in [6.45, 7) is 0.930. The highest BCUT2D eigenvalue weighted by molar-refractivity contribution is 9.10. The summed E-state index contributed by atoms with van der Waals surface area (Å²) in [5.74, 6) is -0.880. The summed E-state index contributed by atoms with van der Waals surface area (Å²) in [5.41, 5.74) is 0.226. The van der Waals surface area contributed by atoms with E-state index >= 15 is 0 Å². The average molecular weight is 610 g/mol. The minimum absolute atomic E-state index is 0.0456. The molecule has 0 aromatic heterocycles. The standard InChI is InChI=1S/C23H20BrN3O8S2/c24-18-12-15(4-9-19(18)35-37(33,34)17-7-5-16(6-8-17)27(31)32)13-20-22(29)26(23(30)36-20)14-21(28)25-10-2-1-3-11-25/h4-9,12-13H,1-3,10-11,14H2/b20-13-. The number of amides is 3. The molecule has 0 bridgehead atoms. The number of piperidine rings is 1. The topological polar surface area (TPSA) is 144 Å². The predicted octanol–water partition coefficient (Wildman–Crippen LogP) is 4.17. The molecule has 2 aliphatic heterocycles. The van der Waals surface area contributed by atoms with E-state index in [4.69, 9.17) is 4.18 Å². The molecule has 2 fully saturated rings. The van der Waals surface area contributed by atoms with E-state index in [1.165, 1.54) is 24.3 Å². The quantitative estimate of drug-likeness (QED) is 0.195. The third-order valence-corrected chi connectivity index (χ3v) is 8.44. The van der Waals surface area contributed by atoms with Crippen LogP contribution < -0.4 is 4.18 Å². The SMILES string of the molecule is O=C(CN1C(=O)S/C(=C\c2ccc(OS(=O)(=O)c3ccc([N+](=O)[O-])cc3)c(Br)c2)C1=O)N1CCCCC1. The van der Waals surface area contributed by atoms with Crippen molar-refractivity contribution in [2.24, 2.45) is 0 Å². The number of hydrogen-bond donors (Lipinski definition) is 0. The molecule has 2 aromatic rings. The van der Waals surface area contributed by atoms with Crippen molar-refractivity contribution in [2.75, 3.05) is 19.6 Å². The number of benzene rings is 2. The van der Waals surface area contributed by atoms with E-state index < -0.39 is 26.2 Å². The fraction of sp³-hybridized carbons (Fsp3) is 0.261. The van der Waals surface area contributed by atoms with E-state index in [0.29, 0.717) is 18.7 Å². The van der Waals surface area contributed by atoms with Crippen LogP contribution in [-0.2, 0) is 19.7 Å². The van der Waals surface area contributed by atoms with Crippen molar-refractivity contribution in [2.45, 2.75) is 24.2 Å². The molecule has 11 nitrogen and oxygen atoms in total. The van der Waals surface area contributed by atoms with Crippen LogP contribution in [0.3, 0.4) is 0 Å². The number of carbonyl (C=O) groups excluding carboxylic acids is 3. The second kappa shape index (κ2) is 11.0. The van der Waals surface area contributed by atoms with Crippen molar-refractivity contribution < 1.29 is 31.9 Å². The third-order valence-electron chi connectivity index (χ3n) is 5.67. The number of rotatable bonds is 7. The summed E-state index contributed by atoms with van der Waals surface area (Å²) in [7, 11) is -4.27. The van der Waals surface area contributed by atoms with Gasteiger partial charge in [0.1, 0.15) is 11.4 Å². The van der Waals surface area contributed by atoms with Crippen LogP contribution in [0.2, 0.25) is 0 Å². The minimum Gasteiger partial charge on any atom is -0.378 e. The number of nitrogens with zero attached hydrogens (tertiary/aromatic N) is 3. The van der Waals surface area contributed by atoms with Gasteiger partial charge in [0.2, 0.25) is 5.91 Å². The lowest BCUT2D eigenvalue weighted by molar-refractivity contribution is -0.384. The Kier molecular flexibility index (Phi) is 7.99. The number of halogens is 1. The molecule has 2 heterocycles. The molecule has 0 radical (unpaired) electrons.